The molecule has 3 heterocycles. The number of amides is 1. The van der Waals surface area contributed by atoms with Gasteiger partial charge in [-0.1, -0.05) is 0 Å². The van der Waals surface area contributed by atoms with E-state index in [2.05, 4.69) is 9.89 Å². The Balaban J connectivity index is 1.70. The average molecular weight is 278 g/mol. The van der Waals surface area contributed by atoms with Gasteiger partial charge in [-0.05, 0) is 36.7 Å². The van der Waals surface area contributed by atoms with Crippen LogP contribution in [0.1, 0.15) is 18.6 Å². The van der Waals surface area contributed by atoms with E-state index < -0.39 is 0 Å². The lowest BCUT2D eigenvalue weighted by Gasteiger charge is -2.30. The van der Waals surface area contributed by atoms with Gasteiger partial charge in [0.05, 0.1) is 17.3 Å². The van der Waals surface area contributed by atoms with Gasteiger partial charge in [0.15, 0.2) is 5.17 Å². The van der Waals surface area contributed by atoms with Crippen molar-refractivity contribution < 1.29 is 14.3 Å². The summed E-state index contributed by atoms with van der Waals surface area (Å²) >= 11 is 1.37. The molecule has 1 amide bonds. The molecule has 0 radical (unpaired) electrons. The Morgan fingerprint density at radius 3 is 2.95 bits per heavy atom. The molecule has 1 aromatic rings. The predicted octanol–water partition coefficient (Wildman–Crippen LogP) is 1.71. The summed E-state index contributed by atoms with van der Waals surface area (Å²) in [6.07, 6.45) is 4.51. The highest BCUT2D eigenvalue weighted by atomic mass is 32.2. The Kier molecular flexibility index (Phi) is 3.44. The van der Waals surface area contributed by atoms with Crippen LogP contribution in [0, 0.1) is 0 Å². The molecule has 0 aromatic carbocycles. The summed E-state index contributed by atoms with van der Waals surface area (Å²) in [4.78, 5) is 18.5. The van der Waals surface area contributed by atoms with Crippen molar-refractivity contribution in [2.45, 2.75) is 18.9 Å². The SMILES string of the molecule is O=C1N=C(N2CCC(O)CC2)SC1=Cc1ccco1. The van der Waals surface area contributed by atoms with E-state index in [0.717, 1.165) is 31.1 Å². The Hall–Kier alpha value is -1.53. The highest BCUT2D eigenvalue weighted by molar-refractivity contribution is 8.18. The second-order valence-corrected chi connectivity index (χ2v) is 5.55. The zero-order valence-electron chi connectivity index (χ0n) is 10.3. The van der Waals surface area contributed by atoms with Crippen molar-refractivity contribution in [3.63, 3.8) is 0 Å². The fourth-order valence-corrected chi connectivity index (χ4v) is 3.04. The predicted molar refractivity (Wildman–Crippen MR) is 73.5 cm³/mol. The number of nitrogens with zero attached hydrogens (tertiary/aromatic N) is 2. The lowest BCUT2D eigenvalue weighted by molar-refractivity contribution is -0.113. The molecule has 3 rings (SSSR count). The number of carbonyl (C=O) groups excluding carboxylic acids is 1. The number of furan rings is 1. The molecular formula is C13H14N2O3S. The van der Waals surface area contributed by atoms with Crippen LogP contribution in [-0.4, -0.2) is 40.3 Å². The Labute approximate surface area is 115 Å². The Morgan fingerprint density at radius 1 is 1.47 bits per heavy atom. The molecule has 1 saturated heterocycles. The van der Waals surface area contributed by atoms with Gasteiger partial charge in [-0.25, -0.2) is 0 Å². The molecule has 1 fully saturated rings. The molecule has 0 aliphatic carbocycles. The van der Waals surface area contributed by atoms with Crippen molar-refractivity contribution in [3.05, 3.63) is 29.1 Å². The zero-order valence-corrected chi connectivity index (χ0v) is 11.1. The number of aliphatic imine (C=N–C) groups is 1. The molecule has 0 unspecified atom stereocenters. The van der Waals surface area contributed by atoms with Gasteiger partial charge >= 0.3 is 0 Å². The fourth-order valence-electron chi connectivity index (χ4n) is 2.09. The third-order valence-electron chi connectivity index (χ3n) is 3.16. The lowest BCUT2D eigenvalue weighted by Crippen LogP contribution is -2.38. The number of carbonyl (C=O) groups is 1. The molecule has 1 aromatic heterocycles. The minimum absolute atomic E-state index is 0.220. The summed E-state index contributed by atoms with van der Waals surface area (Å²) in [7, 11) is 0. The summed E-state index contributed by atoms with van der Waals surface area (Å²) in [6, 6.07) is 3.58. The van der Waals surface area contributed by atoms with Gasteiger partial charge in [-0.15, -0.1) is 0 Å². The number of likely N-dealkylation sites (tertiary alicyclic amines) is 1. The van der Waals surface area contributed by atoms with Gasteiger partial charge < -0.3 is 14.4 Å². The monoisotopic (exact) mass is 278 g/mol. The van der Waals surface area contributed by atoms with Crippen LogP contribution >= 0.6 is 11.8 Å². The maximum absolute atomic E-state index is 11.8. The van der Waals surface area contributed by atoms with Crippen molar-refractivity contribution in [1.82, 2.24) is 4.90 Å². The maximum Gasteiger partial charge on any atom is 0.286 e. The van der Waals surface area contributed by atoms with Gasteiger partial charge in [0.25, 0.3) is 5.91 Å². The van der Waals surface area contributed by atoms with Gasteiger partial charge in [-0.2, -0.15) is 4.99 Å². The van der Waals surface area contributed by atoms with Crippen LogP contribution in [0.5, 0.6) is 0 Å². The topological polar surface area (TPSA) is 66.0 Å². The van der Waals surface area contributed by atoms with Crippen molar-refractivity contribution in [2.75, 3.05) is 13.1 Å². The molecular weight excluding hydrogens is 264 g/mol. The first-order valence-corrected chi connectivity index (χ1v) is 7.03. The second kappa shape index (κ2) is 5.22. The van der Waals surface area contributed by atoms with Crippen LogP contribution in [0.2, 0.25) is 0 Å². The maximum atomic E-state index is 11.8. The molecule has 1 N–H and O–H groups in total. The first-order chi connectivity index (χ1) is 9.22. The van der Waals surface area contributed by atoms with Crippen LogP contribution in [-0.2, 0) is 4.79 Å². The molecule has 0 saturated carbocycles. The number of aliphatic hydroxyl groups is 1. The van der Waals surface area contributed by atoms with E-state index in [1.54, 1.807) is 24.5 Å². The van der Waals surface area contributed by atoms with Crippen LogP contribution < -0.4 is 0 Å². The van der Waals surface area contributed by atoms with Crippen LogP contribution in [0.4, 0.5) is 0 Å². The fraction of sp³-hybridized carbons (Fsp3) is 0.385. The number of piperidine rings is 1. The second-order valence-electron chi connectivity index (χ2n) is 4.54. The number of aliphatic hydroxyl groups excluding tert-OH is 1. The molecule has 2 aliphatic heterocycles. The Morgan fingerprint density at radius 2 is 2.26 bits per heavy atom. The summed E-state index contributed by atoms with van der Waals surface area (Å²) < 4.78 is 5.20. The van der Waals surface area contributed by atoms with Crippen molar-refractivity contribution >= 4 is 28.9 Å². The smallest absolute Gasteiger partial charge is 0.286 e. The Bertz CT molecular complexity index is 528. The molecule has 100 valence electrons. The first kappa shape index (κ1) is 12.5. The summed E-state index contributed by atoms with van der Waals surface area (Å²) in [5.41, 5.74) is 0. The van der Waals surface area contributed by atoms with Crippen molar-refractivity contribution in [2.24, 2.45) is 4.99 Å². The number of rotatable bonds is 1. The molecule has 0 atom stereocenters. The molecule has 2 aliphatic rings. The highest BCUT2D eigenvalue weighted by Crippen LogP contribution is 2.31. The molecule has 19 heavy (non-hydrogen) atoms. The minimum atomic E-state index is -0.225. The van der Waals surface area contributed by atoms with Crippen molar-refractivity contribution in [3.8, 4) is 0 Å². The summed E-state index contributed by atoms with van der Waals surface area (Å²) in [5, 5.41) is 10.2. The number of amidine groups is 1. The van der Waals surface area contributed by atoms with Gasteiger partial charge in [0.2, 0.25) is 0 Å². The van der Waals surface area contributed by atoms with E-state index >= 15 is 0 Å². The number of hydrogen-bond donors (Lipinski definition) is 1. The molecule has 0 spiro atoms. The number of thioether (sulfide) groups is 1. The highest BCUT2D eigenvalue weighted by Gasteiger charge is 2.28. The molecule has 0 bridgehead atoms. The third kappa shape index (κ3) is 2.74. The van der Waals surface area contributed by atoms with Crippen LogP contribution in [0.25, 0.3) is 6.08 Å². The quantitative estimate of drug-likeness (QED) is 0.792. The minimum Gasteiger partial charge on any atom is -0.465 e. The zero-order chi connectivity index (χ0) is 13.2. The van der Waals surface area contributed by atoms with Crippen molar-refractivity contribution in [1.29, 1.82) is 0 Å². The van der Waals surface area contributed by atoms with Crippen LogP contribution in [0.3, 0.4) is 0 Å². The van der Waals surface area contributed by atoms with E-state index in [4.69, 9.17) is 4.42 Å². The van der Waals surface area contributed by atoms with E-state index in [0.29, 0.717) is 10.7 Å². The van der Waals surface area contributed by atoms with Gasteiger partial charge in [0.1, 0.15) is 5.76 Å². The standard InChI is InChI=1S/C13H14N2O3S/c16-9-3-5-15(6-4-9)13-14-12(17)11(19-13)8-10-2-1-7-18-10/h1-2,7-9,16H,3-6H2. The summed E-state index contributed by atoms with van der Waals surface area (Å²) in [6.45, 7) is 1.49. The van der Waals surface area contributed by atoms with Gasteiger partial charge in [0, 0.05) is 19.2 Å². The van der Waals surface area contributed by atoms with E-state index in [-0.39, 0.29) is 12.0 Å². The molecule has 6 heteroatoms. The molecule has 5 nitrogen and oxygen atoms in total. The normalized spacial score (nSPS) is 23.2. The van der Waals surface area contributed by atoms with Gasteiger partial charge in [-0.3, -0.25) is 4.79 Å². The van der Waals surface area contributed by atoms with E-state index in [1.165, 1.54) is 11.8 Å². The van der Waals surface area contributed by atoms with Crippen LogP contribution in [0.15, 0.2) is 32.7 Å². The lowest BCUT2D eigenvalue weighted by atomic mass is 10.1. The van der Waals surface area contributed by atoms with E-state index in [9.17, 15) is 9.90 Å². The average Bonchev–Trinajstić information content (AvgIpc) is 3.02. The first-order valence-electron chi connectivity index (χ1n) is 6.21. The van der Waals surface area contributed by atoms with E-state index in [1.807, 2.05) is 0 Å². The third-order valence-corrected chi connectivity index (χ3v) is 4.21. The summed E-state index contributed by atoms with van der Waals surface area (Å²) in [5.74, 6) is 0.434. The largest absolute Gasteiger partial charge is 0.465 e. The number of hydrogen-bond acceptors (Lipinski definition) is 5.